The van der Waals surface area contributed by atoms with Gasteiger partial charge >= 0.3 is 0 Å². The number of aryl methyl sites for hydroxylation is 1. The van der Waals surface area contributed by atoms with Crippen molar-refractivity contribution < 1.29 is 9.18 Å². The maximum Gasteiger partial charge on any atom is 0.273 e. The minimum atomic E-state index is -0.362. The van der Waals surface area contributed by atoms with E-state index < -0.39 is 0 Å². The molecule has 1 aromatic carbocycles. The Labute approximate surface area is 148 Å². The molecule has 0 aliphatic carbocycles. The van der Waals surface area contributed by atoms with E-state index in [1.54, 1.807) is 42.2 Å². The average molecular weight is 347 g/mol. The van der Waals surface area contributed by atoms with Crippen molar-refractivity contribution in [1.82, 2.24) is 19.6 Å². The third-order valence-electron chi connectivity index (χ3n) is 3.99. The second-order valence-electron chi connectivity index (χ2n) is 5.74. The molecule has 0 atom stereocenters. The second kappa shape index (κ2) is 6.36. The largest absolute Gasteiger partial charge is 0.273 e. The molecule has 0 unspecified atom stereocenters. The highest BCUT2D eigenvalue weighted by Gasteiger charge is 2.14. The number of carbonyl (C=O) groups excluding carboxylic acids is 1. The van der Waals surface area contributed by atoms with Crippen LogP contribution >= 0.6 is 0 Å². The molecule has 0 aliphatic rings. The lowest BCUT2D eigenvalue weighted by Crippen LogP contribution is -2.23. The lowest BCUT2D eigenvalue weighted by Gasteiger charge is -2.10. The van der Waals surface area contributed by atoms with Crippen LogP contribution in [-0.2, 0) is 0 Å². The van der Waals surface area contributed by atoms with Crippen molar-refractivity contribution in [3.8, 4) is 11.4 Å². The van der Waals surface area contributed by atoms with Crippen LogP contribution in [0.5, 0.6) is 0 Å². The maximum atomic E-state index is 13.4. The van der Waals surface area contributed by atoms with Gasteiger partial charge in [0.1, 0.15) is 5.82 Å². The highest BCUT2D eigenvalue weighted by Crippen LogP contribution is 2.18. The van der Waals surface area contributed by atoms with Crippen LogP contribution < -0.4 is 5.43 Å². The molecule has 0 bridgehead atoms. The molecule has 7 heteroatoms. The first kappa shape index (κ1) is 15.9. The quantitative estimate of drug-likeness (QED) is 0.617. The van der Waals surface area contributed by atoms with Crippen LogP contribution in [0, 0.1) is 12.7 Å². The fraction of sp³-hybridized carbons (Fsp3) is 0.0526. The van der Waals surface area contributed by atoms with Gasteiger partial charge in [-0.05, 0) is 37.3 Å². The Kier molecular flexibility index (Phi) is 3.89. The number of amides is 1. The number of hydrogen-bond donors (Lipinski definition) is 1. The number of benzene rings is 1. The number of hydrogen-bond acceptors (Lipinski definition) is 4. The van der Waals surface area contributed by atoms with E-state index in [1.165, 1.54) is 18.3 Å². The van der Waals surface area contributed by atoms with Crippen LogP contribution in [0.2, 0.25) is 0 Å². The van der Waals surface area contributed by atoms with Gasteiger partial charge in [0.05, 0.1) is 22.3 Å². The summed E-state index contributed by atoms with van der Waals surface area (Å²) in [5.74, 6) is -0.331. The van der Waals surface area contributed by atoms with Gasteiger partial charge < -0.3 is 0 Å². The second-order valence-corrected chi connectivity index (χ2v) is 5.74. The molecule has 4 rings (SSSR count). The van der Waals surface area contributed by atoms with Crippen LogP contribution in [0.15, 0.2) is 61.1 Å². The van der Waals surface area contributed by atoms with Crippen molar-refractivity contribution in [2.24, 2.45) is 0 Å². The number of pyridine rings is 1. The third kappa shape index (κ3) is 2.90. The molecule has 1 amide bonds. The Hall–Kier alpha value is -3.61. The zero-order valence-electron chi connectivity index (χ0n) is 13.8. The molecule has 0 saturated carbocycles. The molecule has 3 aromatic heterocycles. The van der Waals surface area contributed by atoms with Crippen LogP contribution in [0.25, 0.3) is 22.4 Å². The summed E-state index contributed by atoms with van der Waals surface area (Å²) in [6.45, 7) is 1.72. The summed E-state index contributed by atoms with van der Waals surface area (Å²) in [6, 6.07) is 11.5. The molecule has 0 aliphatic heterocycles. The Balaban J connectivity index is 1.62. The van der Waals surface area contributed by atoms with Crippen LogP contribution in [0.1, 0.15) is 16.1 Å². The standard InChI is InChI=1S/C19H14FN5O/c1-12-15(11-22-18(23-12)13-4-2-5-14(20)10-13)19(26)24-25-9-7-16-17(25)6-3-8-21-16/h2-11H,1H3,(H,24,26). The van der Waals surface area contributed by atoms with Crippen LogP contribution in [0.4, 0.5) is 4.39 Å². The number of nitrogens with one attached hydrogen (secondary N) is 1. The van der Waals surface area contributed by atoms with Crippen molar-refractivity contribution >= 4 is 16.9 Å². The predicted molar refractivity (Wildman–Crippen MR) is 95.6 cm³/mol. The molecular weight excluding hydrogens is 333 g/mol. The molecule has 0 saturated heterocycles. The lowest BCUT2D eigenvalue weighted by molar-refractivity contribution is 0.101. The summed E-state index contributed by atoms with van der Waals surface area (Å²) in [6.07, 6.45) is 4.87. The number of fused-ring (bicyclic) bond motifs is 1. The van der Waals surface area contributed by atoms with E-state index in [-0.39, 0.29) is 11.7 Å². The van der Waals surface area contributed by atoms with Gasteiger partial charge in [0.15, 0.2) is 5.82 Å². The van der Waals surface area contributed by atoms with E-state index in [9.17, 15) is 9.18 Å². The van der Waals surface area contributed by atoms with Crippen molar-refractivity contribution in [2.75, 3.05) is 5.43 Å². The minimum absolute atomic E-state index is 0.338. The van der Waals surface area contributed by atoms with Crippen LogP contribution in [0.3, 0.4) is 0 Å². The fourth-order valence-corrected chi connectivity index (χ4v) is 2.69. The lowest BCUT2D eigenvalue weighted by atomic mass is 10.2. The summed E-state index contributed by atoms with van der Waals surface area (Å²) in [5.41, 5.74) is 5.76. The van der Waals surface area contributed by atoms with Gasteiger partial charge in [-0.1, -0.05) is 12.1 Å². The number of carbonyl (C=O) groups is 1. The summed E-state index contributed by atoms with van der Waals surface area (Å²) in [4.78, 5) is 25.4. The summed E-state index contributed by atoms with van der Waals surface area (Å²) in [7, 11) is 0. The Morgan fingerprint density at radius 3 is 2.85 bits per heavy atom. The Morgan fingerprint density at radius 1 is 1.15 bits per heavy atom. The van der Waals surface area contributed by atoms with Gasteiger partial charge in [-0.2, -0.15) is 0 Å². The van der Waals surface area contributed by atoms with Gasteiger partial charge in [-0.15, -0.1) is 0 Å². The molecule has 26 heavy (non-hydrogen) atoms. The van der Waals surface area contributed by atoms with E-state index in [4.69, 9.17) is 0 Å². The molecule has 0 radical (unpaired) electrons. The van der Waals surface area contributed by atoms with Crippen molar-refractivity contribution in [1.29, 1.82) is 0 Å². The van der Waals surface area contributed by atoms with Crippen molar-refractivity contribution in [3.05, 3.63) is 78.1 Å². The molecule has 3 heterocycles. The van der Waals surface area contributed by atoms with Gasteiger partial charge in [0.25, 0.3) is 5.91 Å². The SMILES string of the molecule is Cc1nc(-c2cccc(F)c2)ncc1C(=O)Nn1ccc2ncccc21. The van der Waals surface area contributed by atoms with Gasteiger partial charge in [0, 0.05) is 24.2 Å². The number of rotatable bonds is 3. The molecule has 0 fully saturated rings. The van der Waals surface area contributed by atoms with E-state index in [0.717, 1.165) is 11.0 Å². The normalized spacial score (nSPS) is 10.8. The molecule has 6 nitrogen and oxygen atoms in total. The monoisotopic (exact) mass is 347 g/mol. The van der Waals surface area contributed by atoms with E-state index in [0.29, 0.717) is 22.6 Å². The van der Waals surface area contributed by atoms with Gasteiger partial charge in [-0.25, -0.2) is 14.4 Å². The smallest absolute Gasteiger partial charge is 0.267 e. The third-order valence-corrected chi connectivity index (χ3v) is 3.99. The minimum Gasteiger partial charge on any atom is -0.267 e. The Morgan fingerprint density at radius 2 is 2.04 bits per heavy atom. The zero-order valence-corrected chi connectivity index (χ0v) is 13.8. The number of nitrogens with zero attached hydrogens (tertiary/aromatic N) is 4. The van der Waals surface area contributed by atoms with Crippen LogP contribution in [-0.4, -0.2) is 25.5 Å². The fourth-order valence-electron chi connectivity index (χ4n) is 2.69. The number of halogens is 1. The van der Waals surface area contributed by atoms with Crippen molar-refractivity contribution in [3.63, 3.8) is 0 Å². The molecule has 1 N–H and O–H groups in total. The van der Waals surface area contributed by atoms with Crippen molar-refractivity contribution in [2.45, 2.75) is 6.92 Å². The van der Waals surface area contributed by atoms with Gasteiger partial charge in [0.2, 0.25) is 0 Å². The highest BCUT2D eigenvalue weighted by atomic mass is 19.1. The van der Waals surface area contributed by atoms with E-state index in [2.05, 4.69) is 20.4 Å². The summed E-state index contributed by atoms with van der Waals surface area (Å²) >= 11 is 0. The molecular formula is C19H14FN5O. The topological polar surface area (TPSA) is 72.7 Å². The number of aromatic nitrogens is 4. The molecule has 4 aromatic rings. The zero-order chi connectivity index (χ0) is 18.1. The molecule has 0 spiro atoms. The maximum absolute atomic E-state index is 13.4. The Bertz CT molecular complexity index is 1120. The first-order valence-electron chi connectivity index (χ1n) is 7.95. The average Bonchev–Trinajstić information content (AvgIpc) is 3.04. The first-order valence-corrected chi connectivity index (χ1v) is 7.95. The van der Waals surface area contributed by atoms with Gasteiger partial charge in [-0.3, -0.25) is 19.9 Å². The van der Waals surface area contributed by atoms with E-state index in [1.807, 2.05) is 12.1 Å². The predicted octanol–water partition coefficient (Wildman–Crippen LogP) is 3.32. The molecule has 128 valence electrons. The van der Waals surface area contributed by atoms with E-state index >= 15 is 0 Å². The summed E-state index contributed by atoms with van der Waals surface area (Å²) < 4.78 is 15.0. The summed E-state index contributed by atoms with van der Waals surface area (Å²) in [5, 5.41) is 0. The first-order chi connectivity index (χ1) is 12.6. The highest BCUT2D eigenvalue weighted by molar-refractivity contribution is 6.01.